The molecule has 2 aliphatic heterocycles. The number of piperidine rings is 2. The number of nitriles is 1. The molecule has 0 atom stereocenters. The van der Waals surface area contributed by atoms with Crippen molar-refractivity contribution in [2.75, 3.05) is 37.2 Å². The first-order valence-corrected chi connectivity index (χ1v) is 32.9. The number of hydrogen-bond acceptors (Lipinski definition) is 7. The van der Waals surface area contributed by atoms with E-state index in [4.69, 9.17) is 26.4 Å². The van der Waals surface area contributed by atoms with Gasteiger partial charge in [-0.25, -0.2) is 20.6 Å². The smallest absolute Gasteiger partial charge is 0.299 e. The number of rotatable bonds is 14. The summed E-state index contributed by atoms with van der Waals surface area (Å²) in [6.45, 7) is 42.3. The highest BCUT2D eigenvalue weighted by Crippen LogP contribution is 2.39. The molecule has 0 unspecified atom stereocenters. The summed E-state index contributed by atoms with van der Waals surface area (Å²) in [7, 11) is -4.87. The van der Waals surface area contributed by atoms with Crippen molar-refractivity contribution in [2.45, 2.75) is 201 Å². The number of nitrogens with one attached hydrogen (secondary N) is 1. The Bertz CT molecular complexity index is 1930. The Morgan fingerprint density at radius 3 is 1.42 bits per heavy atom. The fraction of sp³-hybridized carbons (Fsp3) is 0.686. The molecule has 66 heavy (non-hydrogen) atoms. The van der Waals surface area contributed by atoms with Crippen molar-refractivity contribution in [1.29, 1.82) is 5.26 Å². The summed E-state index contributed by atoms with van der Waals surface area (Å²) in [5.41, 5.74) is 9.28. The molecule has 2 aliphatic rings. The molecule has 2 saturated heterocycles. The minimum atomic E-state index is -1.78. The average molecular weight is 972 g/mol. The second-order valence-corrected chi connectivity index (χ2v) is 36.7. The van der Waals surface area contributed by atoms with Crippen LogP contribution in [0.5, 0.6) is 0 Å². The lowest BCUT2D eigenvalue weighted by Gasteiger charge is -2.42. The van der Waals surface area contributed by atoms with Crippen molar-refractivity contribution in [1.82, 2.24) is 9.80 Å². The first-order chi connectivity index (χ1) is 29.8. The predicted molar refractivity (Wildman–Crippen MR) is 279 cm³/mol. The normalized spacial score (nSPS) is 15.5. The molecule has 3 N–H and O–H groups in total. The Balaban J connectivity index is 0.000000585. The zero-order valence-electron chi connectivity index (χ0n) is 42.8. The number of anilines is 2. The number of aryl methyl sites for hydroxylation is 2. The Hall–Kier alpha value is -3.61. The van der Waals surface area contributed by atoms with Crippen LogP contribution in [-0.2, 0) is 31.3 Å². The second-order valence-electron chi connectivity index (χ2n) is 22.4. The largest absolute Gasteiger partial charge is 0.414 e. The van der Waals surface area contributed by atoms with Gasteiger partial charge in [0, 0.05) is 82.1 Å². The van der Waals surface area contributed by atoms with Crippen molar-refractivity contribution in [3.05, 3.63) is 70.6 Å². The van der Waals surface area contributed by atoms with Gasteiger partial charge >= 0.3 is 0 Å². The van der Waals surface area contributed by atoms with E-state index in [-0.39, 0.29) is 53.2 Å². The van der Waals surface area contributed by atoms with E-state index in [1.54, 1.807) is 38.1 Å². The Morgan fingerprint density at radius 2 is 1.11 bits per heavy atom. The molecular weight excluding hydrogens is 883 g/mol. The third-order valence-electron chi connectivity index (χ3n) is 13.0. The minimum Gasteiger partial charge on any atom is -0.414 e. The molecule has 2 aromatic rings. The first kappa shape index (κ1) is 60.4. The fourth-order valence-corrected chi connectivity index (χ4v) is 9.63. The van der Waals surface area contributed by atoms with E-state index >= 15 is 0 Å². The summed E-state index contributed by atoms with van der Waals surface area (Å²) >= 11 is 0. The Labute approximate surface area is 402 Å². The van der Waals surface area contributed by atoms with Gasteiger partial charge in [0.1, 0.15) is 11.6 Å². The molecular formula is C51H88F2N6O4Si3. The van der Waals surface area contributed by atoms with Gasteiger partial charge in [0.15, 0.2) is 24.7 Å². The van der Waals surface area contributed by atoms with Gasteiger partial charge < -0.3 is 29.7 Å². The number of carbonyl (C=O) groups excluding carboxylic acids is 2. The first-order valence-electron chi connectivity index (χ1n) is 23.6. The summed E-state index contributed by atoms with van der Waals surface area (Å²) in [6.07, 6.45) is 7.34. The van der Waals surface area contributed by atoms with Crippen LogP contribution in [-0.4, -0.2) is 90.4 Å². The minimum absolute atomic E-state index is 0. The second kappa shape index (κ2) is 25.7. The average Bonchev–Trinajstić information content (AvgIpc) is 3.19. The van der Waals surface area contributed by atoms with Crippen LogP contribution < -0.4 is 11.1 Å². The number of nitrogens with zero attached hydrogens (tertiary/aromatic N) is 4. The molecule has 0 aromatic heterocycles. The number of amides is 2. The van der Waals surface area contributed by atoms with Gasteiger partial charge in [-0.2, -0.15) is 0 Å². The van der Waals surface area contributed by atoms with E-state index in [1.165, 1.54) is 12.1 Å². The Morgan fingerprint density at radius 1 is 0.742 bits per heavy atom. The van der Waals surface area contributed by atoms with Crippen LogP contribution in [0.15, 0.2) is 36.4 Å². The van der Waals surface area contributed by atoms with Crippen LogP contribution in [0.2, 0.25) is 55.9 Å². The van der Waals surface area contributed by atoms with E-state index in [2.05, 4.69) is 83.6 Å². The van der Waals surface area contributed by atoms with Crippen molar-refractivity contribution in [2.24, 2.45) is 0 Å². The molecule has 0 radical (unpaired) electrons. The van der Waals surface area contributed by atoms with Crippen molar-refractivity contribution in [3.63, 3.8) is 0 Å². The van der Waals surface area contributed by atoms with E-state index in [0.29, 0.717) is 61.0 Å². The predicted octanol–water partition coefficient (Wildman–Crippen LogP) is 13.0. The lowest BCUT2D eigenvalue weighted by Crippen LogP contribution is -2.48. The van der Waals surface area contributed by atoms with Crippen LogP contribution >= 0.6 is 0 Å². The number of likely N-dealkylation sites (tertiary alicyclic amines) is 2. The summed E-state index contributed by atoms with van der Waals surface area (Å²) in [5.74, 6) is -0.275. The third-order valence-corrected chi connectivity index (χ3v) is 22.7. The van der Waals surface area contributed by atoms with E-state index in [0.717, 1.165) is 51.9 Å². The monoisotopic (exact) mass is 971 g/mol. The Kier molecular flexibility index (Phi) is 23.5. The number of nitrogen functional groups attached to an aromatic ring is 1. The molecule has 2 heterocycles. The van der Waals surface area contributed by atoms with Crippen molar-refractivity contribution in [3.8, 4) is 5.69 Å². The maximum atomic E-state index is 14.4. The molecule has 4 rings (SSSR count). The molecule has 2 fully saturated rings. The fourth-order valence-electron chi connectivity index (χ4n) is 6.78. The number of benzene rings is 2. The molecule has 0 bridgehead atoms. The summed E-state index contributed by atoms with van der Waals surface area (Å²) in [6, 6.07) is 9.71. The van der Waals surface area contributed by atoms with E-state index < -0.39 is 30.4 Å². The number of hydrogen-bond donors (Lipinski definition) is 2. The highest BCUT2D eigenvalue weighted by Gasteiger charge is 2.41. The van der Waals surface area contributed by atoms with Crippen LogP contribution in [0.3, 0.4) is 0 Å². The van der Waals surface area contributed by atoms with Crippen molar-refractivity contribution < 1.29 is 27.2 Å². The van der Waals surface area contributed by atoms with Crippen LogP contribution in [0, 0.1) is 29.2 Å². The van der Waals surface area contributed by atoms with Crippen LogP contribution in [0.25, 0.3) is 4.85 Å². The van der Waals surface area contributed by atoms with Crippen molar-refractivity contribution >= 4 is 47.9 Å². The molecule has 2 aromatic carbocycles. The van der Waals surface area contributed by atoms with Gasteiger partial charge in [-0.05, 0) is 123 Å². The number of halogens is 2. The molecule has 0 saturated carbocycles. The summed E-state index contributed by atoms with van der Waals surface area (Å²) in [5, 5.41) is 11.6. The van der Waals surface area contributed by atoms with Crippen LogP contribution in [0.4, 0.5) is 20.2 Å². The molecule has 0 aliphatic carbocycles. The van der Waals surface area contributed by atoms with Gasteiger partial charge in [-0.1, -0.05) is 80.7 Å². The maximum absolute atomic E-state index is 14.4. The maximum Gasteiger partial charge on any atom is 0.299 e. The van der Waals surface area contributed by atoms with Gasteiger partial charge in [0.05, 0.1) is 0 Å². The summed E-state index contributed by atoms with van der Waals surface area (Å²) in [4.78, 5) is 32.4. The molecule has 10 nitrogen and oxygen atoms in total. The van der Waals surface area contributed by atoms with Gasteiger partial charge in [-0.3, -0.25) is 14.4 Å². The molecule has 0 spiro atoms. The summed E-state index contributed by atoms with van der Waals surface area (Å²) < 4.78 is 41.2. The van der Waals surface area contributed by atoms with Crippen LogP contribution in [0.1, 0.15) is 125 Å². The van der Waals surface area contributed by atoms with Gasteiger partial charge in [0.2, 0.25) is 11.8 Å². The van der Waals surface area contributed by atoms with E-state index in [9.17, 15) is 18.4 Å². The quantitative estimate of drug-likeness (QED) is 0.110. The number of nitrogens with two attached hydrogens (primary N) is 1. The number of carbonyl (C=O) groups is 2. The van der Waals surface area contributed by atoms with Gasteiger partial charge in [0.25, 0.3) is 5.66 Å². The zero-order valence-corrected chi connectivity index (χ0v) is 45.8. The highest BCUT2D eigenvalue weighted by atomic mass is 28.4. The standard InChI is InChI=1S/C25H40FN3O2Si.C21H35FN2O2Si.C4H9NSi.CH4/c1-24(2,3)32(7,8)31-21-14-16-29(17-15-21)23(30)11-9-10-19-12-13-20(18-22(19)26)28-25(4,5)27-6;1-21(2,3)27(4,5)26-18-11-13-24(14-12-18)20(25)8-6-7-16-9-10-17(23)15-19(16)22;1-6(2,3)4-5;/h12-13,18,21,28H,9-11,14-17H2,1-5,7-8H3;9-10,15,18H,6-8,11-14,23H2,1-5H3;1-3H3;1H4. The van der Waals surface area contributed by atoms with Gasteiger partial charge in [-0.15, -0.1) is 0 Å². The highest BCUT2D eigenvalue weighted by molar-refractivity contribution is 6.83. The lowest BCUT2D eigenvalue weighted by molar-refractivity contribution is -0.134. The third kappa shape index (κ3) is 20.7. The lowest BCUT2D eigenvalue weighted by atomic mass is 10.0. The SMILES string of the molecule is C.CC(C)(C)[Si](C)(C)OC1CCN(C(=O)CCCc2ccc(N)cc2F)CC1.C[Si](C)(C)C#N.[C-]#[N+]C(C)(C)Nc1ccc(CCCC(=O)N2CCC(O[Si](C)(C)C(C)(C)C)CC2)c(F)c1. The topological polar surface area (TPSA) is 125 Å². The zero-order chi connectivity index (χ0) is 49.6. The molecule has 15 heteroatoms. The molecule has 372 valence electrons. The molecule has 2 amide bonds. The van der Waals surface area contributed by atoms with E-state index in [1.807, 2.05) is 29.4 Å².